The van der Waals surface area contributed by atoms with Gasteiger partial charge in [0.1, 0.15) is 11.7 Å². The minimum atomic E-state index is -1.69. The van der Waals surface area contributed by atoms with Crippen LogP contribution in [0.1, 0.15) is 38.7 Å². The minimum Gasteiger partial charge on any atom is -0.311 e. The summed E-state index contributed by atoms with van der Waals surface area (Å²) in [5.41, 5.74) is 2.68. The average Bonchev–Trinajstić information content (AvgIpc) is 3.14. The molecule has 1 aliphatic carbocycles. The quantitative estimate of drug-likeness (QED) is 0.638. The van der Waals surface area contributed by atoms with Crippen LogP contribution < -0.4 is 10.6 Å². The molecule has 6 nitrogen and oxygen atoms in total. The highest BCUT2D eigenvalue weighted by Gasteiger charge is 2.54. The number of amidine groups is 1. The van der Waals surface area contributed by atoms with Gasteiger partial charge in [0, 0.05) is 16.3 Å². The van der Waals surface area contributed by atoms with Crippen molar-refractivity contribution in [1.29, 1.82) is 0 Å². The Morgan fingerprint density at radius 1 is 1.16 bits per heavy atom. The molecular formula is C24H33FN4O2Si. The molecule has 0 atom stereocenters. The highest BCUT2D eigenvalue weighted by Crippen LogP contribution is 2.55. The van der Waals surface area contributed by atoms with Gasteiger partial charge in [-0.15, -0.1) is 0 Å². The first kappa shape index (κ1) is 22.7. The third kappa shape index (κ3) is 3.48. The van der Waals surface area contributed by atoms with E-state index in [4.69, 9.17) is 0 Å². The molecule has 0 unspecified atom stereocenters. The minimum absolute atomic E-state index is 0.0894. The van der Waals surface area contributed by atoms with E-state index in [0.717, 1.165) is 36.0 Å². The SMILES string of the molecule is Cc1ccc(F)cc1NC(=O)N1CC2=C(CN=C2NC(=O)C2([Si](C)(C)C)CCC2)C1(C)C. The zero-order valence-corrected chi connectivity index (χ0v) is 20.9. The summed E-state index contributed by atoms with van der Waals surface area (Å²) in [6, 6.07) is 4.06. The first-order valence-corrected chi connectivity index (χ1v) is 14.8. The summed E-state index contributed by atoms with van der Waals surface area (Å²) in [6.45, 7) is 13.4. The fourth-order valence-electron chi connectivity index (χ4n) is 5.17. The Morgan fingerprint density at radius 2 is 1.84 bits per heavy atom. The number of hydrogen-bond acceptors (Lipinski definition) is 3. The van der Waals surface area contributed by atoms with E-state index in [9.17, 15) is 14.0 Å². The molecule has 32 heavy (non-hydrogen) atoms. The zero-order chi connectivity index (χ0) is 23.5. The van der Waals surface area contributed by atoms with Crippen molar-refractivity contribution >= 4 is 31.5 Å². The molecule has 3 amide bonds. The lowest BCUT2D eigenvalue weighted by Crippen LogP contribution is -2.55. The molecule has 0 aromatic heterocycles. The summed E-state index contributed by atoms with van der Waals surface area (Å²) in [5, 5.41) is 5.76. The molecular weight excluding hydrogens is 423 g/mol. The molecule has 1 saturated carbocycles. The van der Waals surface area contributed by atoms with Crippen LogP contribution in [0.5, 0.6) is 0 Å². The number of hydrogen-bond donors (Lipinski definition) is 2. The van der Waals surface area contributed by atoms with Crippen LogP contribution in [0.3, 0.4) is 0 Å². The number of carbonyl (C=O) groups excluding carboxylic acids is 2. The van der Waals surface area contributed by atoms with Gasteiger partial charge >= 0.3 is 6.03 Å². The lowest BCUT2D eigenvalue weighted by atomic mass is 9.83. The van der Waals surface area contributed by atoms with E-state index in [0.29, 0.717) is 24.6 Å². The summed E-state index contributed by atoms with van der Waals surface area (Å²) >= 11 is 0. The van der Waals surface area contributed by atoms with Crippen LogP contribution in [0, 0.1) is 12.7 Å². The maximum absolute atomic E-state index is 13.7. The van der Waals surface area contributed by atoms with E-state index in [1.807, 2.05) is 20.8 Å². The maximum Gasteiger partial charge on any atom is 0.322 e. The molecule has 4 rings (SSSR count). The second-order valence-electron chi connectivity index (χ2n) is 10.8. The molecule has 8 heteroatoms. The van der Waals surface area contributed by atoms with Crippen molar-refractivity contribution in [3.05, 3.63) is 40.7 Å². The molecule has 0 radical (unpaired) electrons. The van der Waals surface area contributed by atoms with Gasteiger partial charge < -0.3 is 15.5 Å². The topological polar surface area (TPSA) is 73.8 Å². The number of urea groups is 1. The first-order chi connectivity index (χ1) is 14.9. The van der Waals surface area contributed by atoms with Gasteiger partial charge in [-0.25, -0.2) is 9.18 Å². The van der Waals surface area contributed by atoms with Crippen LogP contribution in [0.25, 0.3) is 0 Å². The number of anilines is 1. The Hall–Kier alpha value is -2.48. The lowest BCUT2D eigenvalue weighted by molar-refractivity contribution is -0.125. The Bertz CT molecular complexity index is 1050. The van der Waals surface area contributed by atoms with Gasteiger partial charge in [0.05, 0.1) is 26.7 Å². The van der Waals surface area contributed by atoms with E-state index in [-0.39, 0.29) is 17.0 Å². The Balaban J connectivity index is 1.51. The van der Waals surface area contributed by atoms with E-state index >= 15 is 0 Å². The van der Waals surface area contributed by atoms with Gasteiger partial charge in [-0.05, 0) is 56.9 Å². The molecule has 1 aromatic rings. The number of amides is 3. The lowest BCUT2D eigenvalue weighted by Gasteiger charge is -2.49. The van der Waals surface area contributed by atoms with Crippen molar-refractivity contribution in [1.82, 2.24) is 10.2 Å². The van der Waals surface area contributed by atoms with Crippen molar-refractivity contribution < 1.29 is 14.0 Å². The fourth-order valence-corrected chi connectivity index (χ4v) is 7.77. The number of aryl methyl sites for hydroxylation is 1. The zero-order valence-electron chi connectivity index (χ0n) is 19.9. The number of carbonyl (C=O) groups is 2. The predicted molar refractivity (Wildman–Crippen MR) is 128 cm³/mol. The Kier molecular flexibility index (Phi) is 5.35. The number of rotatable bonds is 3. The van der Waals surface area contributed by atoms with E-state index in [1.54, 1.807) is 11.0 Å². The van der Waals surface area contributed by atoms with Gasteiger partial charge in [-0.1, -0.05) is 32.1 Å². The van der Waals surface area contributed by atoms with Crippen molar-refractivity contribution in [2.75, 3.05) is 18.4 Å². The average molecular weight is 457 g/mol. The van der Waals surface area contributed by atoms with Gasteiger partial charge in [-0.3, -0.25) is 9.79 Å². The normalized spacial score (nSPS) is 21.1. The smallest absolute Gasteiger partial charge is 0.311 e. The monoisotopic (exact) mass is 456 g/mol. The molecule has 2 aliphatic heterocycles. The van der Waals surface area contributed by atoms with E-state index in [2.05, 4.69) is 35.3 Å². The predicted octanol–water partition coefficient (Wildman–Crippen LogP) is 4.85. The van der Waals surface area contributed by atoms with Crippen molar-refractivity contribution in [2.24, 2.45) is 4.99 Å². The molecule has 0 bridgehead atoms. The third-order valence-corrected chi connectivity index (χ3v) is 11.4. The molecule has 2 heterocycles. The molecule has 172 valence electrons. The highest BCUT2D eigenvalue weighted by atomic mass is 28.3. The van der Waals surface area contributed by atoms with Gasteiger partial charge in [0.2, 0.25) is 5.91 Å². The van der Waals surface area contributed by atoms with E-state index in [1.165, 1.54) is 12.1 Å². The number of benzene rings is 1. The second kappa shape index (κ2) is 7.54. The molecule has 1 fully saturated rings. The third-order valence-electron chi connectivity index (χ3n) is 7.77. The Morgan fingerprint density at radius 3 is 2.44 bits per heavy atom. The van der Waals surface area contributed by atoms with Crippen molar-refractivity contribution in [2.45, 2.75) is 70.3 Å². The summed E-state index contributed by atoms with van der Waals surface area (Å²) in [5.74, 6) is 0.308. The van der Waals surface area contributed by atoms with Gasteiger partial charge in [-0.2, -0.15) is 0 Å². The number of nitrogens with zero attached hydrogens (tertiary/aromatic N) is 2. The van der Waals surface area contributed by atoms with E-state index < -0.39 is 19.4 Å². The summed E-state index contributed by atoms with van der Waals surface area (Å²) in [6.07, 6.45) is 2.99. The molecule has 0 spiro atoms. The van der Waals surface area contributed by atoms with Crippen LogP contribution in [0.15, 0.2) is 34.3 Å². The van der Waals surface area contributed by atoms with Crippen molar-refractivity contribution in [3.63, 3.8) is 0 Å². The van der Waals surface area contributed by atoms with Gasteiger partial charge in [0.15, 0.2) is 0 Å². The number of halogens is 1. The highest BCUT2D eigenvalue weighted by molar-refractivity contribution is 6.82. The van der Waals surface area contributed by atoms with Crippen molar-refractivity contribution in [3.8, 4) is 0 Å². The first-order valence-electron chi connectivity index (χ1n) is 11.3. The summed E-state index contributed by atoms with van der Waals surface area (Å²) in [7, 11) is -1.69. The largest absolute Gasteiger partial charge is 0.322 e. The van der Waals surface area contributed by atoms with Crippen LogP contribution in [-0.2, 0) is 4.79 Å². The van der Waals surface area contributed by atoms with Gasteiger partial charge in [0.25, 0.3) is 0 Å². The molecule has 3 aliphatic rings. The second-order valence-corrected chi connectivity index (χ2v) is 16.3. The fraction of sp³-hybridized carbons (Fsp3) is 0.542. The van der Waals surface area contributed by atoms with Crippen LogP contribution in [0.2, 0.25) is 24.7 Å². The molecule has 2 N–H and O–H groups in total. The summed E-state index contributed by atoms with van der Waals surface area (Å²) in [4.78, 5) is 32.8. The maximum atomic E-state index is 13.7. The number of nitrogens with one attached hydrogen (secondary N) is 2. The number of aliphatic imine (C=N–C) groups is 1. The molecule has 1 aromatic carbocycles. The summed E-state index contributed by atoms with van der Waals surface area (Å²) < 4.78 is 13.7. The van der Waals surface area contributed by atoms with Crippen LogP contribution in [0.4, 0.5) is 14.9 Å². The van der Waals surface area contributed by atoms with Crippen LogP contribution in [-0.4, -0.2) is 49.4 Å². The van der Waals surface area contributed by atoms with Crippen LogP contribution >= 0.6 is 0 Å². The standard InChI is InChI=1S/C24H33FN4O2Si/c1-15-8-9-16(25)12-19(15)27-22(31)29-14-17-18(23(29,2)3)13-26-20(17)28-21(30)24(10-7-11-24)32(4,5)6/h8-9,12H,7,10-11,13-14H2,1-6H3,(H,27,31)(H,26,28,30). The molecule has 0 saturated heterocycles. The Labute approximate surface area is 190 Å².